The van der Waals surface area contributed by atoms with Crippen LogP contribution in [0.4, 0.5) is 5.69 Å². The number of nitrogens with two attached hydrogens (primary N) is 1. The zero-order valence-corrected chi connectivity index (χ0v) is 12.2. The summed E-state index contributed by atoms with van der Waals surface area (Å²) in [6.45, 7) is 4.30. The normalized spacial score (nSPS) is 10.2. The molecule has 0 atom stereocenters. The van der Waals surface area contributed by atoms with Gasteiger partial charge in [-0.3, -0.25) is 0 Å². The quantitative estimate of drug-likeness (QED) is 0.657. The standard InChI is InChI=1S/C16H16BrNO/c1-2-3-13-10-15(18)8-9-16(13)19-11-12-4-6-14(17)7-5-12/h2,4-10H,1,3,11,18H2. The Hall–Kier alpha value is -1.74. The molecule has 0 aliphatic heterocycles. The Morgan fingerprint density at radius 3 is 2.58 bits per heavy atom. The zero-order valence-electron chi connectivity index (χ0n) is 10.6. The van der Waals surface area contributed by atoms with Crippen LogP contribution >= 0.6 is 15.9 Å². The molecule has 2 aromatic carbocycles. The van der Waals surface area contributed by atoms with E-state index in [9.17, 15) is 0 Å². The molecule has 19 heavy (non-hydrogen) atoms. The van der Waals surface area contributed by atoms with Crippen molar-refractivity contribution in [2.75, 3.05) is 5.73 Å². The third kappa shape index (κ3) is 3.86. The van der Waals surface area contributed by atoms with Crippen molar-refractivity contribution in [3.8, 4) is 5.75 Å². The second-order valence-electron chi connectivity index (χ2n) is 4.28. The maximum absolute atomic E-state index is 5.85. The van der Waals surface area contributed by atoms with Crippen molar-refractivity contribution in [2.24, 2.45) is 0 Å². The lowest BCUT2D eigenvalue weighted by molar-refractivity contribution is 0.303. The Balaban J connectivity index is 2.10. The Bertz CT molecular complexity index is 563. The number of hydrogen-bond donors (Lipinski definition) is 1. The summed E-state index contributed by atoms with van der Waals surface area (Å²) in [6.07, 6.45) is 2.60. The Labute approximate surface area is 122 Å². The third-order valence-corrected chi connectivity index (χ3v) is 3.29. The van der Waals surface area contributed by atoms with Crippen LogP contribution < -0.4 is 10.5 Å². The molecular weight excluding hydrogens is 302 g/mol. The Kier molecular flexibility index (Phi) is 4.63. The second-order valence-corrected chi connectivity index (χ2v) is 5.19. The highest BCUT2D eigenvalue weighted by Crippen LogP contribution is 2.23. The van der Waals surface area contributed by atoms with Crippen molar-refractivity contribution in [1.29, 1.82) is 0 Å². The van der Waals surface area contributed by atoms with Crippen LogP contribution in [0.25, 0.3) is 0 Å². The fraction of sp³-hybridized carbons (Fsp3) is 0.125. The van der Waals surface area contributed by atoms with Crippen LogP contribution in [-0.4, -0.2) is 0 Å². The van der Waals surface area contributed by atoms with Crippen LogP contribution in [0.5, 0.6) is 5.75 Å². The highest BCUT2D eigenvalue weighted by atomic mass is 79.9. The maximum Gasteiger partial charge on any atom is 0.123 e. The molecule has 0 aliphatic carbocycles. The number of hydrogen-bond acceptors (Lipinski definition) is 2. The first-order valence-corrected chi connectivity index (χ1v) is 6.85. The van der Waals surface area contributed by atoms with Crippen molar-refractivity contribution < 1.29 is 4.74 Å². The average Bonchev–Trinajstić information content (AvgIpc) is 2.40. The first-order valence-electron chi connectivity index (χ1n) is 6.05. The second kappa shape index (κ2) is 6.43. The van der Waals surface area contributed by atoms with Crippen LogP contribution in [0.15, 0.2) is 59.6 Å². The number of benzene rings is 2. The van der Waals surface area contributed by atoms with Crippen LogP contribution in [0.2, 0.25) is 0 Å². The summed E-state index contributed by atoms with van der Waals surface area (Å²) < 4.78 is 6.92. The number of halogens is 1. The fourth-order valence-corrected chi connectivity index (χ4v) is 2.06. The molecule has 3 heteroatoms. The van der Waals surface area contributed by atoms with Gasteiger partial charge in [0, 0.05) is 10.2 Å². The van der Waals surface area contributed by atoms with Gasteiger partial charge in [-0.05, 0) is 47.9 Å². The number of allylic oxidation sites excluding steroid dienone is 1. The van der Waals surface area contributed by atoms with E-state index < -0.39 is 0 Å². The molecule has 0 aliphatic rings. The Morgan fingerprint density at radius 2 is 1.89 bits per heavy atom. The SMILES string of the molecule is C=CCc1cc(N)ccc1OCc1ccc(Br)cc1. The fourth-order valence-electron chi connectivity index (χ4n) is 1.80. The minimum absolute atomic E-state index is 0.543. The van der Waals surface area contributed by atoms with E-state index in [0.29, 0.717) is 6.61 Å². The number of ether oxygens (including phenoxy) is 1. The van der Waals surface area contributed by atoms with E-state index in [1.807, 2.05) is 48.5 Å². The zero-order chi connectivity index (χ0) is 13.7. The molecule has 0 aromatic heterocycles. The summed E-state index contributed by atoms with van der Waals surface area (Å²) in [6, 6.07) is 13.8. The molecule has 0 radical (unpaired) electrons. The van der Waals surface area contributed by atoms with Crippen molar-refractivity contribution in [3.05, 3.63) is 70.7 Å². The average molecular weight is 318 g/mol. The molecule has 2 nitrogen and oxygen atoms in total. The molecule has 0 saturated heterocycles. The molecule has 2 aromatic rings. The molecule has 0 heterocycles. The van der Waals surface area contributed by atoms with E-state index >= 15 is 0 Å². The van der Waals surface area contributed by atoms with Gasteiger partial charge in [0.2, 0.25) is 0 Å². The van der Waals surface area contributed by atoms with E-state index in [1.54, 1.807) is 0 Å². The maximum atomic E-state index is 5.85. The molecule has 0 saturated carbocycles. The molecule has 0 bridgehead atoms. The van der Waals surface area contributed by atoms with E-state index in [4.69, 9.17) is 10.5 Å². The van der Waals surface area contributed by atoms with Gasteiger partial charge in [-0.15, -0.1) is 6.58 Å². The van der Waals surface area contributed by atoms with Crippen molar-refractivity contribution in [3.63, 3.8) is 0 Å². The largest absolute Gasteiger partial charge is 0.489 e. The molecular formula is C16H16BrNO. The van der Waals surface area contributed by atoms with Crippen LogP contribution in [0.1, 0.15) is 11.1 Å². The lowest BCUT2D eigenvalue weighted by Crippen LogP contribution is -1.99. The monoisotopic (exact) mass is 317 g/mol. The van der Waals surface area contributed by atoms with Gasteiger partial charge in [-0.25, -0.2) is 0 Å². The van der Waals surface area contributed by atoms with Crippen LogP contribution in [0.3, 0.4) is 0 Å². The highest BCUT2D eigenvalue weighted by Gasteiger charge is 2.03. The summed E-state index contributed by atoms with van der Waals surface area (Å²) in [5.41, 5.74) is 8.72. The van der Waals surface area contributed by atoms with E-state index in [-0.39, 0.29) is 0 Å². The van der Waals surface area contributed by atoms with Crippen molar-refractivity contribution >= 4 is 21.6 Å². The van der Waals surface area contributed by atoms with E-state index in [0.717, 1.165) is 33.5 Å². The van der Waals surface area contributed by atoms with Gasteiger partial charge in [0.1, 0.15) is 12.4 Å². The first-order chi connectivity index (χ1) is 9.19. The highest BCUT2D eigenvalue weighted by molar-refractivity contribution is 9.10. The smallest absolute Gasteiger partial charge is 0.123 e. The van der Waals surface area contributed by atoms with Crippen LogP contribution in [0, 0.1) is 0 Å². The molecule has 2 N–H and O–H groups in total. The predicted octanol–water partition coefficient (Wildman–Crippen LogP) is 4.34. The lowest BCUT2D eigenvalue weighted by atomic mass is 10.1. The number of nitrogen functional groups attached to an aromatic ring is 1. The molecule has 0 amide bonds. The topological polar surface area (TPSA) is 35.2 Å². The lowest BCUT2D eigenvalue weighted by Gasteiger charge is -2.11. The molecule has 0 spiro atoms. The van der Waals surface area contributed by atoms with Crippen LogP contribution in [-0.2, 0) is 13.0 Å². The molecule has 0 unspecified atom stereocenters. The predicted molar refractivity (Wildman–Crippen MR) is 83.2 cm³/mol. The van der Waals surface area contributed by atoms with Crippen molar-refractivity contribution in [2.45, 2.75) is 13.0 Å². The van der Waals surface area contributed by atoms with E-state index in [1.165, 1.54) is 0 Å². The minimum atomic E-state index is 0.543. The summed E-state index contributed by atoms with van der Waals surface area (Å²) in [5.74, 6) is 0.858. The Morgan fingerprint density at radius 1 is 1.16 bits per heavy atom. The summed E-state index contributed by atoms with van der Waals surface area (Å²) in [5, 5.41) is 0. The third-order valence-electron chi connectivity index (χ3n) is 2.76. The number of rotatable bonds is 5. The molecule has 0 fully saturated rings. The molecule has 2 rings (SSSR count). The van der Waals surface area contributed by atoms with Gasteiger partial charge in [0.05, 0.1) is 0 Å². The van der Waals surface area contributed by atoms with Gasteiger partial charge in [-0.2, -0.15) is 0 Å². The van der Waals surface area contributed by atoms with Gasteiger partial charge in [-0.1, -0.05) is 34.1 Å². The van der Waals surface area contributed by atoms with Crippen molar-refractivity contribution in [1.82, 2.24) is 0 Å². The van der Waals surface area contributed by atoms with Gasteiger partial charge in [0.15, 0.2) is 0 Å². The van der Waals surface area contributed by atoms with E-state index in [2.05, 4.69) is 22.5 Å². The molecule has 98 valence electrons. The first kappa shape index (κ1) is 13.7. The summed E-state index contributed by atoms with van der Waals surface area (Å²) in [4.78, 5) is 0. The summed E-state index contributed by atoms with van der Waals surface area (Å²) in [7, 11) is 0. The van der Waals surface area contributed by atoms with Gasteiger partial charge in [0.25, 0.3) is 0 Å². The summed E-state index contributed by atoms with van der Waals surface area (Å²) >= 11 is 3.42. The van der Waals surface area contributed by atoms with Gasteiger partial charge < -0.3 is 10.5 Å². The minimum Gasteiger partial charge on any atom is -0.489 e. The number of anilines is 1. The van der Waals surface area contributed by atoms with Gasteiger partial charge >= 0.3 is 0 Å².